The molecule has 0 bridgehead atoms. The summed E-state index contributed by atoms with van der Waals surface area (Å²) in [6, 6.07) is 11.7. The monoisotopic (exact) mass is 477 g/mol. The number of amides is 2. The number of halogens is 1. The SMILES string of the molecule is C=CCNC(=O)c1coc(COc2ccc3c(c2)[C@H](c2ccc(F)cc2)N(C(=O)C(C)C)CC3)n1. The standard InChI is InChI=1S/C27H28FN3O4/c1-4-12-29-26(32)23-15-35-24(30-23)16-34-21-10-7-18-11-13-31(27(33)17(2)3)25(22(18)14-21)19-5-8-20(28)9-6-19/h4-10,14-15,17,25H,1,11-13,16H2,2-3H3,(H,29,32)/t25-/m0/s1. The third kappa shape index (κ3) is 5.42. The van der Waals surface area contributed by atoms with Crippen LogP contribution in [0.2, 0.25) is 0 Å². The van der Waals surface area contributed by atoms with Crippen LogP contribution in [0, 0.1) is 11.7 Å². The molecule has 35 heavy (non-hydrogen) atoms. The van der Waals surface area contributed by atoms with Gasteiger partial charge in [0.2, 0.25) is 11.8 Å². The summed E-state index contributed by atoms with van der Waals surface area (Å²) in [6.45, 7) is 8.26. The Hall–Kier alpha value is -3.94. The number of ether oxygens (including phenoxy) is 1. The van der Waals surface area contributed by atoms with E-state index in [1.165, 1.54) is 18.4 Å². The Morgan fingerprint density at radius 1 is 1.29 bits per heavy atom. The fraction of sp³-hybridized carbons (Fsp3) is 0.296. The molecule has 0 saturated carbocycles. The van der Waals surface area contributed by atoms with Gasteiger partial charge < -0.3 is 19.4 Å². The van der Waals surface area contributed by atoms with Gasteiger partial charge >= 0.3 is 0 Å². The number of carbonyl (C=O) groups excluding carboxylic acids is 2. The van der Waals surface area contributed by atoms with Crippen molar-refractivity contribution in [1.29, 1.82) is 0 Å². The van der Waals surface area contributed by atoms with E-state index in [1.807, 2.05) is 36.9 Å². The number of oxazole rings is 1. The van der Waals surface area contributed by atoms with E-state index in [0.717, 1.165) is 16.7 Å². The molecular formula is C27H28FN3O4. The second-order valence-electron chi connectivity index (χ2n) is 8.66. The van der Waals surface area contributed by atoms with Crippen LogP contribution in [-0.2, 0) is 17.8 Å². The maximum atomic E-state index is 13.6. The number of carbonyl (C=O) groups is 2. The lowest BCUT2D eigenvalue weighted by Crippen LogP contribution is -2.42. The van der Waals surface area contributed by atoms with Crippen molar-refractivity contribution in [2.45, 2.75) is 32.9 Å². The van der Waals surface area contributed by atoms with Crippen LogP contribution < -0.4 is 10.1 Å². The summed E-state index contributed by atoms with van der Waals surface area (Å²) in [5, 5.41) is 2.64. The van der Waals surface area contributed by atoms with Crippen molar-refractivity contribution < 1.29 is 23.1 Å². The third-order valence-corrected chi connectivity index (χ3v) is 5.86. The summed E-state index contributed by atoms with van der Waals surface area (Å²) in [6.07, 6.45) is 3.58. The van der Waals surface area contributed by atoms with Crippen molar-refractivity contribution >= 4 is 11.8 Å². The number of nitrogens with one attached hydrogen (secondary N) is 1. The van der Waals surface area contributed by atoms with E-state index in [2.05, 4.69) is 16.9 Å². The molecule has 2 heterocycles. The van der Waals surface area contributed by atoms with Crippen molar-refractivity contribution in [3.8, 4) is 5.75 Å². The number of aromatic nitrogens is 1. The van der Waals surface area contributed by atoms with E-state index in [-0.39, 0.29) is 47.8 Å². The lowest BCUT2D eigenvalue weighted by atomic mass is 9.87. The Labute approximate surface area is 203 Å². The second kappa shape index (κ2) is 10.5. The van der Waals surface area contributed by atoms with Gasteiger partial charge in [0, 0.05) is 19.0 Å². The molecular weight excluding hydrogens is 449 g/mol. The molecule has 0 aliphatic carbocycles. The minimum atomic E-state index is -0.356. The van der Waals surface area contributed by atoms with E-state index in [1.54, 1.807) is 18.2 Å². The van der Waals surface area contributed by atoms with Gasteiger partial charge in [-0.25, -0.2) is 9.37 Å². The quantitative estimate of drug-likeness (QED) is 0.485. The number of hydrogen-bond acceptors (Lipinski definition) is 5. The van der Waals surface area contributed by atoms with E-state index in [9.17, 15) is 14.0 Å². The zero-order valence-electron chi connectivity index (χ0n) is 19.8. The molecule has 182 valence electrons. The molecule has 8 heteroatoms. The Morgan fingerprint density at radius 2 is 2.06 bits per heavy atom. The molecule has 7 nitrogen and oxygen atoms in total. The molecule has 2 aromatic carbocycles. The molecule has 2 amide bonds. The molecule has 1 N–H and O–H groups in total. The summed E-state index contributed by atoms with van der Waals surface area (Å²) in [5.74, 6) is 0.0294. The lowest BCUT2D eigenvalue weighted by molar-refractivity contribution is -0.136. The average molecular weight is 478 g/mol. The van der Waals surface area contributed by atoms with Crippen LogP contribution in [0.4, 0.5) is 4.39 Å². The molecule has 0 saturated heterocycles. The van der Waals surface area contributed by atoms with Gasteiger partial charge in [0.05, 0.1) is 6.04 Å². The maximum Gasteiger partial charge on any atom is 0.273 e. The molecule has 1 aromatic heterocycles. The topological polar surface area (TPSA) is 84.7 Å². The van der Waals surface area contributed by atoms with E-state index >= 15 is 0 Å². The van der Waals surface area contributed by atoms with Gasteiger partial charge in [-0.1, -0.05) is 38.1 Å². The van der Waals surface area contributed by atoms with Gasteiger partial charge in [-0.3, -0.25) is 9.59 Å². The molecule has 1 atom stereocenters. The van der Waals surface area contributed by atoms with E-state index in [0.29, 0.717) is 25.3 Å². The third-order valence-electron chi connectivity index (χ3n) is 5.86. The first kappa shape index (κ1) is 24.2. The van der Waals surface area contributed by atoms with Gasteiger partial charge in [-0.05, 0) is 47.4 Å². The number of hydrogen-bond donors (Lipinski definition) is 1. The predicted molar refractivity (Wildman–Crippen MR) is 128 cm³/mol. The molecule has 0 unspecified atom stereocenters. The summed E-state index contributed by atoms with van der Waals surface area (Å²) in [7, 11) is 0. The Kier molecular flexibility index (Phi) is 7.29. The van der Waals surface area contributed by atoms with Gasteiger partial charge in [0.15, 0.2) is 12.3 Å². The summed E-state index contributed by atoms with van der Waals surface area (Å²) >= 11 is 0. The maximum absolute atomic E-state index is 13.6. The number of nitrogens with zero attached hydrogens (tertiary/aromatic N) is 2. The van der Waals surface area contributed by atoms with E-state index < -0.39 is 0 Å². The average Bonchev–Trinajstić information content (AvgIpc) is 3.34. The van der Waals surface area contributed by atoms with Gasteiger partial charge in [-0.15, -0.1) is 6.58 Å². The van der Waals surface area contributed by atoms with Crippen molar-refractivity contribution in [2.24, 2.45) is 5.92 Å². The minimum Gasteiger partial charge on any atom is -0.484 e. The highest BCUT2D eigenvalue weighted by Gasteiger charge is 2.33. The fourth-order valence-corrected chi connectivity index (χ4v) is 4.14. The van der Waals surface area contributed by atoms with Gasteiger partial charge in [0.1, 0.15) is 17.8 Å². The van der Waals surface area contributed by atoms with Crippen LogP contribution >= 0.6 is 0 Å². The molecule has 0 radical (unpaired) electrons. The van der Waals surface area contributed by atoms with Crippen LogP contribution in [0.5, 0.6) is 5.75 Å². The van der Waals surface area contributed by atoms with Crippen LogP contribution in [-0.4, -0.2) is 34.8 Å². The Morgan fingerprint density at radius 3 is 2.77 bits per heavy atom. The van der Waals surface area contributed by atoms with Gasteiger partial charge in [0.25, 0.3) is 5.91 Å². The van der Waals surface area contributed by atoms with Gasteiger partial charge in [-0.2, -0.15) is 0 Å². The van der Waals surface area contributed by atoms with Crippen LogP contribution in [0.15, 0.2) is 65.8 Å². The number of benzene rings is 2. The highest BCUT2D eigenvalue weighted by atomic mass is 19.1. The highest BCUT2D eigenvalue weighted by molar-refractivity contribution is 5.91. The normalized spacial score (nSPS) is 15.0. The van der Waals surface area contributed by atoms with Crippen LogP contribution in [0.25, 0.3) is 0 Å². The molecule has 0 fully saturated rings. The first-order chi connectivity index (χ1) is 16.9. The summed E-state index contributed by atoms with van der Waals surface area (Å²) in [5.41, 5.74) is 3.04. The first-order valence-electron chi connectivity index (χ1n) is 11.5. The Balaban J connectivity index is 1.58. The zero-order valence-corrected chi connectivity index (χ0v) is 19.8. The Bertz CT molecular complexity index is 1220. The smallest absolute Gasteiger partial charge is 0.273 e. The molecule has 4 rings (SSSR count). The van der Waals surface area contributed by atoms with Crippen molar-refractivity contribution in [2.75, 3.05) is 13.1 Å². The molecule has 0 spiro atoms. The fourth-order valence-electron chi connectivity index (χ4n) is 4.14. The second-order valence-corrected chi connectivity index (χ2v) is 8.66. The summed E-state index contributed by atoms with van der Waals surface area (Å²) in [4.78, 5) is 31.1. The molecule has 1 aliphatic heterocycles. The first-order valence-corrected chi connectivity index (χ1v) is 11.5. The molecule has 3 aromatic rings. The van der Waals surface area contributed by atoms with Crippen molar-refractivity contribution in [1.82, 2.24) is 15.2 Å². The largest absolute Gasteiger partial charge is 0.484 e. The summed E-state index contributed by atoms with van der Waals surface area (Å²) < 4.78 is 24.9. The van der Waals surface area contributed by atoms with Crippen molar-refractivity contribution in [3.05, 3.63) is 95.5 Å². The van der Waals surface area contributed by atoms with Crippen molar-refractivity contribution in [3.63, 3.8) is 0 Å². The molecule has 1 aliphatic rings. The van der Waals surface area contributed by atoms with Crippen LogP contribution in [0.3, 0.4) is 0 Å². The zero-order chi connectivity index (χ0) is 24.9. The van der Waals surface area contributed by atoms with E-state index in [4.69, 9.17) is 9.15 Å². The van der Waals surface area contributed by atoms with Crippen LogP contribution in [0.1, 0.15) is 53.0 Å². The number of fused-ring (bicyclic) bond motifs is 1. The highest BCUT2D eigenvalue weighted by Crippen LogP contribution is 2.38. The lowest BCUT2D eigenvalue weighted by Gasteiger charge is -2.39. The predicted octanol–water partition coefficient (Wildman–Crippen LogP) is 4.44. The number of rotatable bonds is 8. The minimum absolute atomic E-state index is 0.0311.